The number of hydrogen-bond acceptors (Lipinski definition) is 4. The zero-order valence-corrected chi connectivity index (χ0v) is 9.83. The molecule has 0 aromatic carbocycles. The van der Waals surface area contributed by atoms with Gasteiger partial charge >= 0.3 is 0 Å². The molecule has 4 nitrogen and oxygen atoms in total. The van der Waals surface area contributed by atoms with Gasteiger partial charge in [-0.2, -0.15) is 0 Å². The van der Waals surface area contributed by atoms with Crippen LogP contribution in [0, 0.1) is 0 Å². The third kappa shape index (κ3) is 5.47. The Kier molecular flexibility index (Phi) is 6.92. The van der Waals surface area contributed by atoms with Crippen LogP contribution in [0.3, 0.4) is 0 Å². The lowest BCUT2D eigenvalue weighted by Crippen LogP contribution is -2.30. The van der Waals surface area contributed by atoms with E-state index in [4.69, 9.17) is 14.2 Å². The van der Waals surface area contributed by atoms with Gasteiger partial charge in [0.1, 0.15) is 0 Å². The highest BCUT2D eigenvalue weighted by atomic mass is 16.7. The Labute approximate surface area is 92.3 Å². The van der Waals surface area contributed by atoms with E-state index >= 15 is 0 Å². The Bertz CT molecular complexity index is 143. The highest BCUT2D eigenvalue weighted by Crippen LogP contribution is 2.05. The van der Waals surface area contributed by atoms with E-state index in [-0.39, 0.29) is 6.29 Å². The standard InChI is InChI=1S/C11H23NO3/c1-3-14-11(15-4-2)9-13-8-10-6-5-7-12-10/h10-12H,3-9H2,1-2H3. The molecule has 0 aromatic heterocycles. The summed E-state index contributed by atoms with van der Waals surface area (Å²) < 4.78 is 16.3. The van der Waals surface area contributed by atoms with Crippen LogP contribution in [0.15, 0.2) is 0 Å². The van der Waals surface area contributed by atoms with Crippen molar-refractivity contribution in [3.05, 3.63) is 0 Å². The highest BCUT2D eigenvalue weighted by molar-refractivity contribution is 4.73. The fraction of sp³-hybridized carbons (Fsp3) is 1.00. The molecule has 0 saturated carbocycles. The molecule has 15 heavy (non-hydrogen) atoms. The van der Waals surface area contributed by atoms with Gasteiger partial charge in [-0.15, -0.1) is 0 Å². The van der Waals surface area contributed by atoms with Gasteiger partial charge in [-0.3, -0.25) is 0 Å². The van der Waals surface area contributed by atoms with Crippen molar-refractivity contribution < 1.29 is 14.2 Å². The largest absolute Gasteiger partial charge is 0.375 e. The summed E-state index contributed by atoms with van der Waals surface area (Å²) in [7, 11) is 0. The summed E-state index contributed by atoms with van der Waals surface area (Å²) in [5.74, 6) is 0. The smallest absolute Gasteiger partial charge is 0.180 e. The molecule has 0 aromatic rings. The Balaban J connectivity index is 2.04. The van der Waals surface area contributed by atoms with Gasteiger partial charge in [0.15, 0.2) is 6.29 Å². The first-order chi connectivity index (χ1) is 7.36. The first-order valence-corrected chi connectivity index (χ1v) is 5.91. The van der Waals surface area contributed by atoms with Gasteiger partial charge in [-0.05, 0) is 33.2 Å². The van der Waals surface area contributed by atoms with Gasteiger partial charge in [0.05, 0.1) is 13.2 Å². The predicted molar refractivity (Wildman–Crippen MR) is 58.9 cm³/mol. The van der Waals surface area contributed by atoms with E-state index in [2.05, 4.69) is 5.32 Å². The molecule has 4 heteroatoms. The van der Waals surface area contributed by atoms with Crippen LogP contribution in [-0.4, -0.2) is 45.3 Å². The van der Waals surface area contributed by atoms with Crippen LogP contribution in [0.4, 0.5) is 0 Å². The van der Waals surface area contributed by atoms with Crippen molar-refractivity contribution in [2.75, 3.05) is 33.0 Å². The van der Waals surface area contributed by atoms with Crippen molar-refractivity contribution >= 4 is 0 Å². The fourth-order valence-electron chi connectivity index (χ4n) is 1.72. The summed E-state index contributed by atoms with van der Waals surface area (Å²) >= 11 is 0. The summed E-state index contributed by atoms with van der Waals surface area (Å²) in [4.78, 5) is 0. The maximum absolute atomic E-state index is 5.57. The van der Waals surface area contributed by atoms with E-state index in [1.54, 1.807) is 0 Å². The fourth-order valence-corrected chi connectivity index (χ4v) is 1.72. The maximum Gasteiger partial charge on any atom is 0.180 e. The minimum absolute atomic E-state index is 0.207. The molecular weight excluding hydrogens is 194 g/mol. The SMILES string of the molecule is CCOC(COCC1CCCN1)OCC. The predicted octanol–water partition coefficient (Wildman–Crippen LogP) is 1.15. The molecule has 1 fully saturated rings. The lowest BCUT2D eigenvalue weighted by atomic mass is 10.2. The van der Waals surface area contributed by atoms with Crippen molar-refractivity contribution in [2.24, 2.45) is 0 Å². The van der Waals surface area contributed by atoms with Gasteiger partial charge in [0, 0.05) is 19.3 Å². The van der Waals surface area contributed by atoms with Crippen LogP contribution >= 0.6 is 0 Å². The Morgan fingerprint density at radius 2 is 2.00 bits per heavy atom. The average Bonchev–Trinajstić information content (AvgIpc) is 2.71. The number of nitrogens with one attached hydrogen (secondary N) is 1. The zero-order chi connectivity index (χ0) is 10.9. The van der Waals surface area contributed by atoms with Crippen LogP contribution in [0.1, 0.15) is 26.7 Å². The number of rotatable bonds is 8. The van der Waals surface area contributed by atoms with Crippen molar-refractivity contribution in [3.63, 3.8) is 0 Å². The molecule has 0 amide bonds. The summed E-state index contributed by atoms with van der Waals surface area (Å²) in [5, 5.41) is 3.39. The molecule has 1 heterocycles. The minimum Gasteiger partial charge on any atom is -0.375 e. The lowest BCUT2D eigenvalue weighted by Gasteiger charge is -2.18. The summed E-state index contributed by atoms with van der Waals surface area (Å²) in [5.41, 5.74) is 0. The molecule has 0 spiro atoms. The van der Waals surface area contributed by atoms with E-state index in [9.17, 15) is 0 Å². The van der Waals surface area contributed by atoms with Crippen molar-refractivity contribution in [2.45, 2.75) is 39.0 Å². The Morgan fingerprint density at radius 3 is 2.53 bits per heavy atom. The normalized spacial score (nSPS) is 21.4. The minimum atomic E-state index is -0.207. The molecule has 1 unspecified atom stereocenters. The van der Waals surface area contributed by atoms with Crippen molar-refractivity contribution in [1.82, 2.24) is 5.32 Å². The topological polar surface area (TPSA) is 39.7 Å². The van der Waals surface area contributed by atoms with Gasteiger partial charge < -0.3 is 19.5 Å². The summed E-state index contributed by atoms with van der Waals surface area (Å²) in [6.45, 7) is 7.66. The van der Waals surface area contributed by atoms with Crippen molar-refractivity contribution in [3.8, 4) is 0 Å². The quantitative estimate of drug-likeness (QED) is 0.619. The van der Waals surface area contributed by atoms with Crippen LogP contribution in [-0.2, 0) is 14.2 Å². The van der Waals surface area contributed by atoms with E-state index in [0.717, 1.165) is 13.2 Å². The van der Waals surface area contributed by atoms with E-state index in [1.165, 1.54) is 12.8 Å². The molecule has 0 aliphatic carbocycles. The monoisotopic (exact) mass is 217 g/mol. The van der Waals surface area contributed by atoms with E-state index in [0.29, 0.717) is 25.9 Å². The van der Waals surface area contributed by atoms with Crippen LogP contribution in [0.25, 0.3) is 0 Å². The highest BCUT2D eigenvalue weighted by Gasteiger charge is 2.15. The van der Waals surface area contributed by atoms with Crippen LogP contribution < -0.4 is 5.32 Å². The van der Waals surface area contributed by atoms with Crippen LogP contribution in [0.2, 0.25) is 0 Å². The third-order valence-corrected chi connectivity index (χ3v) is 2.44. The van der Waals surface area contributed by atoms with Crippen LogP contribution in [0.5, 0.6) is 0 Å². The Hall–Kier alpha value is -0.160. The molecule has 0 bridgehead atoms. The molecule has 1 N–H and O–H groups in total. The first kappa shape index (κ1) is 12.9. The first-order valence-electron chi connectivity index (χ1n) is 5.91. The number of ether oxygens (including phenoxy) is 3. The molecular formula is C11H23NO3. The molecule has 1 aliphatic rings. The average molecular weight is 217 g/mol. The zero-order valence-electron chi connectivity index (χ0n) is 9.83. The second-order valence-electron chi connectivity index (χ2n) is 3.67. The third-order valence-electron chi connectivity index (χ3n) is 2.44. The molecule has 1 saturated heterocycles. The Morgan fingerprint density at radius 1 is 1.27 bits per heavy atom. The molecule has 90 valence electrons. The van der Waals surface area contributed by atoms with Gasteiger partial charge in [0.25, 0.3) is 0 Å². The summed E-state index contributed by atoms with van der Waals surface area (Å²) in [6.07, 6.45) is 2.27. The van der Waals surface area contributed by atoms with Gasteiger partial charge in [0.2, 0.25) is 0 Å². The summed E-state index contributed by atoms with van der Waals surface area (Å²) in [6, 6.07) is 0.522. The van der Waals surface area contributed by atoms with E-state index in [1.807, 2.05) is 13.8 Å². The number of hydrogen-bond donors (Lipinski definition) is 1. The second-order valence-corrected chi connectivity index (χ2v) is 3.67. The second kappa shape index (κ2) is 8.05. The lowest BCUT2D eigenvalue weighted by molar-refractivity contribution is -0.168. The van der Waals surface area contributed by atoms with Crippen molar-refractivity contribution in [1.29, 1.82) is 0 Å². The van der Waals surface area contributed by atoms with E-state index < -0.39 is 0 Å². The molecule has 1 rings (SSSR count). The molecule has 1 aliphatic heterocycles. The molecule has 0 radical (unpaired) electrons. The maximum atomic E-state index is 5.57. The van der Waals surface area contributed by atoms with Gasteiger partial charge in [-0.25, -0.2) is 0 Å². The van der Waals surface area contributed by atoms with Gasteiger partial charge in [-0.1, -0.05) is 0 Å². The molecule has 1 atom stereocenters.